The topological polar surface area (TPSA) is 0 Å². The highest BCUT2D eigenvalue weighted by Crippen LogP contribution is 2.48. The summed E-state index contributed by atoms with van der Waals surface area (Å²) in [5.74, 6) is 0. The van der Waals surface area contributed by atoms with Gasteiger partial charge in [-0.2, -0.15) is 0 Å². The predicted octanol–water partition coefficient (Wildman–Crippen LogP) is 5.48. The Morgan fingerprint density at radius 2 is 1.11 bits per heavy atom. The van der Waals surface area contributed by atoms with Gasteiger partial charge in [-0.15, -0.1) is 0 Å². The second-order valence-corrected chi connectivity index (χ2v) is 4.88. The lowest BCUT2D eigenvalue weighted by Gasteiger charge is -2.23. The molecular weight excluding hydrogens is 228 g/mol. The Balaban J connectivity index is 3.58. The standard InChI is InChI=1S/C19H22/c1-7-11-13-15-16(14-12-8-2)18(10-4)19(5,6)17(15)9-3/h7-14H,1-4H2,5-6H3/b13-11-,14-12-. The summed E-state index contributed by atoms with van der Waals surface area (Å²) in [6.45, 7) is 19.8. The van der Waals surface area contributed by atoms with Crippen LogP contribution in [0, 0.1) is 5.41 Å². The zero-order chi connectivity index (χ0) is 14.5. The Labute approximate surface area is 117 Å². The Morgan fingerprint density at radius 3 is 1.37 bits per heavy atom. The normalized spacial score (nSPS) is 18.4. The van der Waals surface area contributed by atoms with Crippen LogP contribution in [0.4, 0.5) is 0 Å². The van der Waals surface area contributed by atoms with Gasteiger partial charge in [0, 0.05) is 5.41 Å². The monoisotopic (exact) mass is 250 g/mol. The van der Waals surface area contributed by atoms with E-state index >= 15 is 0 Å². The van der Waals surface area contributed by atoms with Crippen molar-refractivity contribution in [2.45, 2.75) is 13.8 Å². The largest absolute Gasteiger partial charge is 0.0991 e. The molecule has 1 aliphatic rings. The molecule has 0 amide bonds. The first-order valence-electron chi connectivity index (χ1n) is 6.37. The van der Waals surface area contributed by atoms with Crippen LogP contribution in [-0.4, -0.2) is 0 Å². The van der Waals surface area contributed by atoms with Crippen molar-refractivity contribution in [2.75, 3.05) is 0 Å². The first kappa shape index (κ1) is 15.0. The molecule has 0 heterocycles. The molecule has 0 spiro atoms. The highest BCUT2D eigenvalue weighted by Gasteiger charge is 2.35. The van der Waals surface area contributed by atoms with Gasteiger partial charge in [0.15, 0.2) is 0 Å². The minimum atomic E-state index is -0.0782. The summed E-state index contributed by atoms with van der Waals surface area (Å²) in [5, 5.41) is 0. The van der Waals surface area contributed by atoms with Gasteiger partial charge in [-0.05, 0) is 22.3 Å². The fourth-order valence-corrected chi connectivity index (χ4v) is 2.53. The summed E-state index contributed by atoms with van der Waals surface area (Å²) in [5.41, 5.74) is 4.69. The summed E-state index contributed by atoms with van der Waals surface area (Å²) in [7, 11) is 0. The van der Waals surface area contributed by atoms with Gasteiger partial charge in [-0.25, -0.2) is 0 Å². The lowest BCUT2D eigenvalue weighted by molar-refractivity contribution is 0.576. The van der Waals surface area contributed by atoms with Crippen LogP contribution in [0.5, 0.6) is 0 Å². The smallest absolute Gasteiger partial charge is 0.0158 e. The third kappa shape index (κ3) is 2.68. The molecule has 1 rings (SSSR count). The van der Waals surface area contributed by atoms with Crippen LogP contribution >= 0.6 is 0 Å². The molecule has 0 unspecified atom stereocenters. The molecule has 0 bridgehead atoms. The molecule has 1 aliphatic carbocycles. The van der Waals surface area contributed by atoms with Crippen LogP contribution in [0.25, 0.3) is 0 Å². The molecule has 98 valence electrons. The van der Waals surface area contributed by atoms with E-state index in [0.717, 1.165) is 0 Å². The molecule has 0 aromatic heterocycles. The molecule has 0 N–H and O–H groups in total. The molecule has 0 fully saturated rings. The molecule has 19 heavy (non-hydrogen) atoms. The van der Waals surface area contributed by atoms with Gasteiger partial charge in [0.25, 0.3) is 0 Å². The van der Waals surface area contributed by atoms with Crippen LogP contribution in [0.2, 0.25) is 0 Å². The number of hydrogen-bond donors (Lipinski definition) is 0. The Morgan fingerprint density at radius 1 is 0.737 bits per heavy atom. The molecule has 0 saturated carbocycles. The van der Waals surface area contributed by atoms with Gasteiger partial charge >= 0.3 is 0 Å². The van der Waals surface area contributed by atoms with Crippen LogP contribution in [0.15, 0.2) is 97.2 Å². The van der Waals surface area contributed by atoms with Gasteiger partial charge in [0.05, 0.1) is 0 Å². The molecule has 0 heteroatoms. The average molecular weight is 250 g/mol. The van der Waals surface area contributed by atoms with Crippen molar-refractivity contribution in [1.82, 2.24) is 0 Å². The van der Waals surface area contributed by atoms with Crippen LogP contribution in [0.1, 0.15) is 13.8 Å². The minimum Gasteiger partial charge on any atom is -0.0991 e. The third-order valence-electron chi connectivity index (χ3n) is 3.42. The molecule has 0 atom stereocenters. The number of hydrogen-bond acceptors (Lipinski definition) is 0. The van der Waals surface area contributed by atoms with Crippen LogP contribution in [-0.2, 0) is 0 Å². The van der Waals surface area contributed by atoms with Crippen molar-refractivity contribution in [3.8, 4) is 0 Å². The van der Waals surface area contributed by atoms with E-state index in [2.05, 4.69) is 52.3 Å². The van der Waals surface area contributed by atoms with E-state index in [0.29, 0.717) is 0 Å². The van der Waals surface area contributed by atoms with Crippen LogP contribution < -0.4 is 0 Å². The fourth-order valence-electron chi connectivity index (χ4n) is 2.53. The first-order valence-corrected chi connectivity index (χ1v) is 6.37. The SMILES string of the molecule is C=C/C=C\C1=C(C=C)C(C)(C)C(C=C)=C1/C=C\C=C. The molecule has 0 radical (unpaired) electrons. The Kier molecular flexibility index (Phi) is 4.88. The zero-order valence-electron chi connectivity index (χ0n) is 11.9. The van der Waals surface area contributed by atoms with E-state index in [-0.39, 0.29) is 5.41 Å². The maximum Gasteiger partial charge on any atom is 0.0158 e. The highest BCUT2D eigenvalue weighted by atomic mass is 14.4. The van der Waals surface area contributed by atoms with E-state index in [4.69, 9.17) is 0 Å². The van der Waals surface area contributed by atoms with E-state index in [1.165, 1.54) is 22.3 Å². The molecule has 0 nitrogen and oxygen atoms in total. The lowest BCUT2D eigenvalue weighted by Crippen LogP contribution is -2.12. The Hall–Kier alpha value is -2.08. The molecule has 0 aromatic carbocycles. The van der Waals surface area contributed by atoms with Crippen molar-refractivity contribution < 1.29 is 0 Å². The second kappa shape index (κ2) is 6.19. The van der Waals surface area contributed by atoms with E-state index < -0.39 is 0 Å². The van der Waals surface area contributed by atoms with Crippen molar-refractivity contribution in [3.63, 3.8) is 0 Å². The zero-order valence-corrected chi connectivity index (χ0v) is 11.9. The number of allylic oxidation sites excluding steroid dienone is 12. The second-order valence-electron chi connectivity index (χ2n) is 4.88. The van der Waals surface area contributed by atoms with Gasteiger partial charge in [0.2, 0.25) is 0 Å². The van der Waals surface area contributed by atoms with E-state index in [1.54, 1.807) is 12.2 Å². The lowest BCUT2D eigenvalue weighted by atomic mass is 9.80. The summed E-state index contributed by atoms with van der Waals surface area (Å²) in [6.07, 6.45) is 15.5. The Bertz CT molecular complexity index is 480. The van der Waals surface area contributed by atoms with Crippen LogP contribution in [0.3, 0.4) is 0 Å². The molecule has 0 saturated heterocycles. The van der Waals surface area contributed by atoms with Crippen molar-refractivity contribution in [1.29, 1.82) is 0 Å². The third-order valence-corrected chi connectivity index (χ3v) is 3.42. The molecule has 0 aromatic rings. The van der Waals surface area contributed by atoms with Crippen molar-refractivity contribution in [2.24, 2.45) is 5.41 Å². The van der Waals surface area contributed by atoms with Gasteiger partial charge in [-0.1, -0.05) is 88.8 Å². The summed E-state index contributed by atoms with van der Waals surface area (Å²) < 4.78 is 0. The van der Waals surface area contributed by atoms with Gasteiger partial charge in [0.1, 0.15) is 0 Å². The van der Waals surface area contributed by atoms with Gasteiger partial charge < -0.3 is 0 Å². The molecule has 0 aliphatic heterocycles. The predicted molar refractivity (Wildman–Crippen MR) is 86.9 cm³/mol. The maximum atomic E-state index is 3.96. The minimum absolute atomic E-state index is 0.0782. The quantitative estimate of drug-likeness (QED) is 0.548. The highest BCUT2D eigenvalue weighted by molar-refractivity contribution is 5.66. The van der Waals surface area contributed by atoms with Crippen molar-refractivity contribution >= 4 is 0 Å². The summed E-state index contributed by atoms with van der Waals surface area (Å²) in [6, 6.07) is 0. The first-order chi connectivity index (χ1) is 9.04. The van der Waals surface area contributed by atoms with E-state index in [9.17, 15) is 0 Å². The number of rotatable bonds is 6. The maximum absolute atomic E-state index is 3.96. The van der Waals surface area contributed by atoms with Gasteiger partial charge in [-0.3, -0.25) is 0 Å². The van der Waals surface area contributed by atoms with E-state index in [1.807, 2.05) is 24.3 Å². The summed E-state index contributed by atoms with van der Waals surface area (Å²) >= 11 is 0. The summed E-state index contributed by atoms with van der Waals surface area (Å²) in [4.78, 5) is 0. The van der Waals surface area contributed by atoms with Crippen molar-refractivity contribution in [3.05, 3.63) is 97.2 Å². The average Bonchev–Trinajstić information content (AvgIpc) is 2.59. The molecular formula is C19H22. The fraction of sp³-hybridized carbons (Fsp3) is 0.158.